The smallest absolute Gasteiger partial charge is 0.248 e. The fourth-order valence-electron chi connectivity index (χ4n) is 2.67. The standard InChI is InChI=1S/C12H21N3O/c1-14-11(16)9-15(12(14)13)8-7-10-5-3-2-4-6-10/h10,13H,2-9H2,1H3. The molecule has 1 heterocycles. The predicted molar refractivity (Wildman–Crippen MR) is 63.3 cm³/mol. The van der Waals surface area contributed by atoms with Gasteiger partial charge in [-0.25, -0.2) is 0 Å². The molecule has 1 aliphatic carbocycles. The Labute approximate surface area is 97.1 Å². The van der Waals surface area contributed by atoms with Crippen molar-refractivity contribution in [2.45, 2.75) is 38.5 Å². The van der Waals surface area contributed by atoms with E-state index in [0.29, 0.717) is 12.5 Å². The average Bonchev–Trinajstić information content (AvgIpc) is 2.56. The molecular formula is C12H21N3O. The van der Waals surface area contributed by atoms with Crippen LogP contribution >= 0.6 is 0 Å². The first-order chi connectivity index (χ1) is 7.68. The Kier molecular flexibility index (Phi) is 3.46. The topological polar surface area (TPSA) is 47.4 Å². The summed E-state index contributed by atoms with van der Waals surface area (Å²) in [5.41, 5.74) is 0. The third-order valence-electron chi connectivity index (χ3n) is 3.85. The molecule has 0 bridgehead atoms. The molecule has 16 heavy (non-hydrogen) atoms. The van der Waals surface area contributed by atoms with Crippen molar-refractivity contribution in [1.82, 2.24) is 9.80 Å². The minimum atomic E-state index is 0.0497. The molecule has 2 rings (SSSR count). The summed E-state index contributed by atoms with van der Waals surface area (Å²) in [6.07, 6.45) is 7.93. The highest BCUT2D eigenvalue weighted by Crippen LogP contribution is 2.26. The first-order valence-electron chi connectivity index (χ1n) is 6.28. The lowest BCUT2D eigenvalue weighted by molar-refractivity contribution is -0.124. The number of guanidine groups is 1. The normalized spacial score (nSPS) is 23.3. The number of nitrogens with one attached hydrogen (secondary N) is 1. The summed E-state index contributed by atoms with van der Waals surface area (Å²) < 4.78 is 0. The van der Waals surface area contributed by atoms with E-state index in [1.54, 1.807) is 7.05 Å². The molecule has 1 amide bonds. The molecule has 4 heteroatoms. The monoisotopic (exact) mass is 223 g/mol. The zero-order chi connectivity index (χ0) is 11.5. The van der Waals surface area contributed by atoms with Crippen molar-refractivity contribution in [2.24, 2.45) is 5.92 Å². The molecule has 1 aliphatic heterocycles. The maximum absolute atomic E-state index is 11.4. The van der Waals surface area contributed by atoms with Gasteiger partial charge >= 0.3 is 0 Å². The van der Waals surface area contributed by atoms with Crippen LogP contribution in [0.25, 0.3) is 0 Å². The van der Waals surface area contributed by atoms with E-state index in [1.165, 1.54) is 37.0 Å². The van der Waals surface area contributed by atoms with E-state index in [2.05, 4.69) is 0 Å². The number of nitrogens with zero attached hydrogens (tertiary/aromatic N) is 2. The molecule has 90 valence electrons. The second-order valence-corrected chi connectivity index (χ2v) is 4.99. The van der Waals surface area contributed by atoms with E-state index in [-0.39, 0.29) is 5.91 Å². The molecule has 0 spiro atoms. The van der Waals surface area contributed by atoms with Gasteiger partial charge in [0.1, 0.15) is 6.54 Å². The van der Waals surface area contributed by atoms with Gasteiger partial charge in [-0.1, -0.05) is 32.1 Å². The van der Waals surface area contributed by atoms with Crippen molar-refractivity contribution in [3.63, 3.8) is 0 Å². The lowest BCUT2D eigenvalue weighted by Crippen LogP contribution is -2.32. The highest BCUT2D eigenvalue weighted by atomic mass is 16.2. The zero-order valence-corrected chi connectivity index (χ0v) is 10.0. The van der Waals surface area contributed by atoms with E-state index in [9.17, 15) is 4.79 Å². The number of hydrogen-bond acceptors (Lipinski definition) is 2. The van der Waals surface area contributed by atoms with E-state index >= 15 is 0 Å². The van der Waals surface area contributed by atoms with Crippen LogP contribution in [-0.2, 0) is 4.79 Å². The first kappa shape index (κ1) is 11.4. The molecule has 1 saturated heterocycles. The van der Waals surface area contributed by atoms with Crippen molar-refractivity contribution in [1.29, 1.82) is 5.41 Å². The van der Waals surface area contributed by atoms with Crippen LogP contribution in [0.1, 0.15) is 38.5 Å². The summed E-state index contributed by atoms with van der Waals surface area (Å²) in [7, 11) is 1.69. The third-order valence-corrected chi connectivity index (χ3v) is 3.85. The van der Waals surface area contributed by atoms with Crippen LogP contribution in [0.3, 0.4) is 0 Å². The second-order valence-electron chi connectivity index (χ2n) is 4.99. The van der Waals surface area contributed by atoms with Gasteiger partial charge in [0.15, 0.2) is 0 Å². The van der Waals surface area contributed by atoms with Gasteiger partial charge in [0.25, 0.3) is 0 Å². The Morgan fingerprint density at radius 2 is 2.00 bits per heavy atom. The van der Waals surface area contributed by atoms with E-state index in [1.807, 2.05) is 4.90 Å². The molecule has 0 radical (unpaired) electrons. The molecule has 0 aromatic rings. The molecular weight excluding hydrogens is 202 g/mol. The molecule has 0 aromatic heterocycles. The molecule has 2 fully saturated rings. The number of likely N-dealkylation sites (N-methyl/N-ethyl adjacent to an activating group) is 1. The molecule has 0 aromatic carbocycles. The first-order valence-corrected chi connectivity index (χ1v) is 6.28. The SMILES string of the molecule is CN1C(=N)N(CCC2CCCCC2)CC1=O. The van der Waals surface area contributed by atoms with Crippen LogP contribution in [0, 0.1) is 11.3 Å². The lowest BCUT2D eigenvalue weighted by Gasteiger charge is -2.24. The van der Waals surface area contributed by atoms with Crippen molar-refractivity contribution >= 4 is 11.9 Å². The van der Waals surface area contributed by atoms with Crippen molar-refractivity contribution in [3.8, 4) is 0 Å². The summed E-state index contributed by atoms with van der Waals surface area (Å²) in [6, 6.07) is 0. The van der Waals surface area contributed by atoms with Crippen LogP contribution in [0.5, 0.6) is 0 Å². The zero-order valence-electron chi connectivity index (χ0n) is 10.0. The molecule has 4 nitrogen and oxygen atoms in total. The minimum absolute atomic E-state index is 0.0497. The van der Waals surface area contributed by atoms with Crippen LogP contribution in [0.4, 0.5) is 0 Å². The highest BCUT2D eigenvalue weighted by molar-refractivity contribution is 6.02. The van der Waals surface area contributed by atoms with Crippen molar-refractivity contribution in [2.75, 3.05) is 20.1 Å². The van der Waals surface area contributed by atoms with Crippen molar-refractivity contribution in [3.05, 3.63) is 0 Å². The predicted octanol–water partition coefficient (Wildman–Crippen LogP) is 1.67. The Hall–Kier alpha value is -1.06. The maximum Gasteiger partial charge on any atom is 0.248 e. The molecule has 1 N–H and O–H groups in total. The molecule has 2 aliphatic rings. The molecule has 0 atom stereocenters. The Morgan fingerprint density at radius 1 is 1.31 bits per heavy atom. The second kappa shape index (κ2) is 4.85. The average molecular weight is 223 g/mol. The van der Waals surface area contributed by atoms with Gasteiger partial charge in [0.05, 0.1) is 0 Å². The summed E-state index contributed by atoms with van der Waals surface area (Å²) in [5, 5.41) is 7.79. The number of carbonyl (C=O) groups excluding carboxylic acids is 1. The Balaban J connectivity index is 1.77. The van der Waals surface area contributed by atoms with Gasteiger partial charge in [-0.05, 0) is 12.3 Å². The van der Waals surface area contributed by atoms with Crippen LogP contribution in [0.2, 0.25) is 0 Å². The number of rotatable bonds is 3. The number of hydrogen-bond donors (Lipinski definition) is 1. The van der Waals surface area contributed by atoms with Gasteiger partial charge in [0, 0.05) is 13.6 Å². The van der Waals surface area contributed by atoms with Crippen LogP contribution in [-0.4, -0.2) is 41.8 Å². The molecule has 1 saturated carbocycles. The van der Waals surface area contributed by atoms with Gasteiger partial charge in [-0.3, -0.25) is 15.1 Å². The molecule has 0 unspecified atom stereocenters. The number of amides is 1. The van der Waals surface area contributed by atoms with E-state index < -0.39 is 0 Å². The Morgan fingerprint density at radius 3 is 2.56 bits per heavy atom. The van der Waals surface area contributed by atoms with Crippen LogP contribution in [0.15, 0.2) is 0 Å². The van der Waals surface area contributed by atoms with Gasteiger partial charge in [-0.2, -0.15) is 0 Å². The van der Waals surface area contributed by atoms with Crippen LogP contribution < -0.4 is 0 Å². The number of carbonyl (C=O) groups is 1. The van der Waals surface area contributed by atoms with Gasteiger partial charge < -0.3 is 4.90 Å². The maximum atomic E-state index is 11.4. The van der Waals surface area contributed by atoms with Gasteiger partial charge in [-0.15, -0.1) is 0 Å². The Bertz CT molecular complexity index is 284. The summed E-state index contributed by atoms with van der Waals surface area (Å²) >= 11 is 0. The summed E-state index contributed by atoms with van der Waals surface area (Å²) in [4.78, 5) is 14.7. The fraction of sp³-hybridized carbons (Fsp3) is 0.833. The highest BCUT2D eigenvalue weighted by Gasteiger charge is 2.29. The largest absolute Gasteiger partial charge is 0.333 e. The minimum Gasteiger partial charge on any atom is -0.333 e. The summed E-state index contributed by atoms with van der Waals surface area (Å²) in [5.74, 6) is 1.25. The van der Waals surface area contributed by atoms with E-state index in [0.717, 1.165) is 18.9 Å². The van der Waals surface area contributed by atoms with Gasteiger partial charge in [0.2, 0.25) is 11.9 Å². The van der Waals surface area contributed by atoms with E-state index in [4.69, 9.17) is 5.41 Å². The fourth-order valence-corrected chi connectivity index (χ4v) is 2.67. The lowest BCUT2D eigenvalue weighted by atomic mass is 9.87. The third kappa shape index (κ3) is 2.36. The van der Waals surface area contributed by atoms with Crippen molar-refractivity contribution < 1.29 is 4.79 Å². The summed E-state index contributed by atoms with van der Waals surface area (Å²) in [6.45, 7) is 1.28. The quantitative estimate of drug-likeness (QED) is 0.791.